The molecule has 0 radical (unpaired) electrons. The van der Waals surface area contributed by atoms with Crippen LogP contribution in [-0.4, -0.2) is 19.6 Å². The molecule has 1 aromatic carbocycles. The number of aromatic nitrogens is 2. The summed E-state index contributed by atoms with van der Waals surface area (Å²) in [4.78, 5) is 34.2. The average Bonchev–Trinajstić information content (AvgIpc) is 2.37. The van der Waals surface area contributed by atoms with Crippen LogP contribution in [0.1, 0.15) is 0 Å². The third kappa shape index (κ3) is 2.20. The van der Waals surface area contributed by atoms with Gasteiger partial charge in [-0.05, 0) is 28.1 Å². The second kappa shape index (κ2) is 4.89. The van der Waals surface area contributed by atoms with Gasteiger partial charge in [-0.3, -0.25) is 19.9 Å². The minimum atomic E-state index is -1.56. The largest absolute Gasteiger partial charge is 0.492 e. The van der Waals surface area contributed by atoms with Crippen LogP contribution in [0.15, 0.2) is 32.3 Å². The monoisotopic (exact) mass is 345 g/mol. The summed E-state index contributed by atoms with van der Waals surface area (Å²) in [6, 6.07) is 3.43. The summed E-state index contributed by atoms with van der Waals surface area (Å²) in [6.45, 7) is 0. The molecule has 0 bridgehead atoms. The minimum Gasteiger partial charge on any atom is -0.492 e. The Bertz CT molecular complexity index is 829. The molecule has 2 aromatic rings. The number of nitro benzene ring substituents is 1. The molecule has 1 aromatic heterocycles. The summed E-state index contributed by atoms with van der Waals surface area (Å²) in [5, 5.41) is 20.3. The maximum Gasteiger partial charge on any atom is 0.335 e. The lowest BCUT2D eigenvalue weighted by atomic mass is 10.3. The van der Waals surface area contributed by atoms with Gasteiger partial charge < -0.3 is 5.11 Å². The number of hydrogen-bond donors (Lipinski definition) is 2. The summed E-state index contributed by atoms with van der Waals surface area (Å²) in [5.74, 6) is -2.79. The number of benzene rings is 1. The van der Waals surface area contributed by atoms with Gasteiger partial charge in [-0.15, -0.1) is 0 Å². The van der Waals surface area contributed by atoms with Crippen molar-refractivity contribution in [3.05, 3.63) is 59.4 Å². The molecule has 0 fully saturated rings. The van der Waals surface area contributed by atoms with E-state index in [-0.39, 0.29) is 15.8 Å². The van der Waals surface area contributed by atoms with Crippen LogP contribution in [0, 0.1) is 15.9 Å². The second-order valence-corrected chi connectivity index (χ2v) is 4.48. The highest BCUT2D eigenvalue weighted by Gasteiger charge is 2.18. The first-order chi connectivity index (χ1) is 9.32. The fourth-order valence-corrected chi connectivity index (χ4v) is 1.91. The van der Waals surface area contributed by atoms with E-state index < -0.39 is 27.9 Å². The molecule has 8 nitrogen and oxygen atoms in total. The summed E-state index contributed by atoms with van der Waals surface area (Å²) >= 11 is 2.94. The van der Waals surface area contributed by atoms with Crippen molar-refractivity contribution >= 4 is 21.6 Å². The van der Waals surface area contributed by atoms with Crippen molar-refractivity contribution in [2.24, 2.45) is 0 Å². The summed E-state index contributed by atoms with van der Waals surface area (Å²) in [6.07, 6.45) is 0. The van der Waals surface area contributed by atoms with Crippen LogP contribution in [-0.2, 0) is 0 Å². The molecular weight excluding hydrogens is 341 g/mol. The van der Waals surface area contributed by atoms with E-state index in [1.165, 1.54) is 12.1 Å². The zero-order valence-corrected chi connectivity index (χ0v) is 11.0. The van der Waals surface area contributed by atoms with Gasteiger partial charge in [0, 0.05) is 6.07 Å². The molecule has 104 valence electrons. The standard InChI is InChI=1S/C10H5BrFN3O5/c11-5-2-1-4(3-6(5)15(19)20)14-9(17)7(12)8(16)13-10(14)18/h1-3,17H,(H,13,16,18). The highest BCUT2D eigenvalue weighted by molar-refractivity contribution is 9.10. The van der Waals surface area contributed by atoms with E-state index in [1.807, 2.05) is 0 Å². The van der Waals surface area contributed by atoms with Crippen molar-refractivity contribution in [2.75, 3.05) is 0 Å². The van der Waals surface area contributed by atoms with Crippen LogP contribution in [0.3, 0.4) is 0 Å². The molecular formula is C10H5BrFN3O5. The van der Waals surface area contributed by atoms with Gasteiger partial charge in [-0.1, -0.05) is 0 Å². The molecule has 0 spiro atoms. The van der Waals surface area contributed by atoms with E-state index in [4.69, 9.17) is 0 Å². The molecule has 0 aliphatic carbocycles. The van der Waals surface area contributed by atoms with Crippen molar-refractivity contribution in [3.63, 3.8) is 0 Å². The summed E-state index contributed by atoms with van der Waals surface area (Å²) in [7, 11) is 0. The number of hydrogen-bond acceptors (Lipinski definition) is 5. The number of halogens is 2. The van der Waals surface area contributed by atoms with Gasteiger partial charge in [0.2, 0.25) is 11.7 Å². The molecule has 0 saturated heterocycles. The first-order valence-electron chi connectivity index (χ1n) is 5.01. The van der Waals surface area contributed by atoms with Crippen LogP contribution in [0.25, 0.3) is 5.69 Å². The van der Waals surface area contributed by atoms with Crippen molar-refractivity contribution in [2.45, 2.75) is 0 Å². The van der Waals surface area contributed by atoms with E-state index in [9.17, 15) is 29.2 Å². The highest BCUT2D eigenvalue weighted by atomic mass is 79.9. The summed E-state index contributed by atoms with van der Waals surface area (Å²) in [5.41, 5.74) is -3.06. The van der Waals surface area contributed by atoms with E-state index in [2.05, 4.69) is 15.9 Å². The first-order valence-corrected chi connectivity index (χ1v) is 5.80. The average molecular weight is 346 g/mol. The lowest BCUT2D eigenvalue weighted by molar-refractivity contribution is -0.385. The Labute approximate surface area is 117 Å². The van der Waals surface area contributed by atoms with Crippen molar-refractivity contribution in [1.29, 1.82) is 0 Å². The van der Waals surface area contributed by atoms with Gasteiger partial charge in [0.05, 0.1) is 15.1 Å². The molecule has 2 N–H and O–H groups in total. The van der Waals surface area contributed by atoms with Crippen LogP contribution in [0.5, 0.6) is 5.88 Å². The number of rotatable bonds is 2. The molecule has 0 amide bonds. The Hall–Kier alpha value is -2.49. The van der Waals surface area contributed by atoms with Gasteiger partial charge in [0.1, 0.15) is 0 Å². The van der Waals surface area contributed by atoms with E-state index >= 15 is 0 Å². The topological polar surface area (TPSA) is 118 Å². The van der Waals surface area contributed by atoms with Crippen LogP contribution in [0.2, 0.25) is 0 Å². The van der Waals surface area contributed by atoms with E-state index in [1.54, 1.807) is 4.98 Å². The zero-order chi connectivity index (χ0) is 15.0. The molecule has 0 unspecified atom stereocenters. The number of nitrogens with one attached hydrogen (secondary N) is 1. The van der Waals surface area contributed by atoms with Gasteiger partial charge in [0.15, 0.2) is 0 Å². The minimum absolute atomic E-state index is 0.142. The molecule has 1 heterocycles. The fourth-order valence-electron chi connectivity index (χ4n) is 1.52. The van der Waals surface area contributed by atoms with E-state index in [0.29, 0.717) is 4.57 Å². The molecule has 0 aliphatic rings. The Balaban J connectivity index is 2.79. The van der Waals surface area contributed by atoms with E-state index in [0.717, 1.165) is 6.07 Å². The maximum atomic E-state index is 13.3. The predicted octanol–water partition coefficient (Wildman–Crippen LogP) is 1.04. The first kappa shape index (κ1) is 13.9. The van der Waals surface area contributed by atoms with Crippen LogP contribution < -0.4 is 11.2 Å². The Morgan fingerprint density at radius 2 is 2.05 bits per heavy atom. The normalized spacial score (nSPS) is 10.5. The van der Waals surface area contributed by atoms with Crippen molar-refractivity contribution in [1.82, 2.24) is 9.55 Å². The number of nitro groups is 1. The predicted molar refractivity (Wildman–Crippen MR) is 68.6 cm³/mol. The van der Waals surface area contributed by atoms with Gasteiger partial charge in [0.25, 0.3) is 11.2 Å². The summed E-state index contributed by atoms with van der Waals surface area (Å²) < 4.78 is 13.9. The molecule has 0 atom stereocenters. The number of H-pyrrole nitrogens is 1. The van der Waals surface area contributed by atoms with Crippen LogP contribution >= 0.6 is 15.9 Å². The fraction of sp³-hybridized carbons (Fsp3) is 0. The van der Waals surface area contributed by atoms with Gasteiger partial charge in [-0.25, -0.2) is 9.36 Å². The zero-order valence-electron chi connectivity index (χ0n) is 9.46. The number of nitrogens with zero attached hydrogens (tertiary/aromatic N) is 2. The number of aromatic hydroxyl groups is 1. The molecule has 0 saturated carbocycles. The molecule has 0 aliphatic heterocycles. The quantitative estimate of drug-likeness (QED) is 0.622. The third-order valence-corrected chi connectivity index (χ3v) is 3.09. The lowest BCUT2D eigenvalue weighted by Gasteiger charge is -2.08. The Morgan fingerprint density at radius 1 is 1.40 bits per heavy atom. The van der Waals surface area contributed by atoms with Gasteiger partial charge >= 0.3 is 5.69 Å². The number of aromatic amines is 1. The van der Waals surface area contributed by atoms with Crippen molar-refractivity contribution in [3.8, 4) is 11.6 Å². The Kier molecular flexibility index (Phi) is 3.40. The lowest BCUT2D eigenvalue weighted by Crippen LogP contribution is -2.30. The highest BCUT2D eigenvalue weighted by Crippen LogP contribution is 2.28. The smallest absolute Gasteiger partial charge is 0.335 e. The van der Waals surface area contributed by atoms with Crippen LogP contribution in [0.4, 0.5) is 10.1 Å². The maximum absolute atomic E-state index is 13.3. The molecule has 10 heteroatoms. The SMILES string of the molecule is O=c1[nH]c(=O)n(-c2ccc(Br)c([N+](=O)[O-])c2)c(O)c1F. The molecule has 2 rings (SSSR count). The second-order valence-electron chi connectivity index (χ2n) is 3.63. The van der Waals surface area contributed by atoms with Crippen molar-refractivity contribution < 1.29 is 14.4 Å². The third-order valence-electron chi connectivity index (χ3n) is 2.42. The molecule has 20 heavy (non-hydrogen) atoms. The Morgan fingerprint density at radius 3 is 2.65 bits per heavy atom. The van der Waals surface area contributed by atoms with Gasteiger partial charge in [-0.2, -0.15) is 4.39 Å².